The maximum atomic E-state index is 14.0. The molecule has 5 rings (SSSR count). The van der Waals surface area contributed by atoms with Crippen molar-refractivity contribution >= 4 is 34.4 Å². The van der Waals surface area contributed by atoms with Crippen molar-refractivity contribution < 1.29 is 4.39 Å². The number of halogens is 3. The van der Waals surface area contributed by atoms with Crippen molar-refractivity contribution in [1.29, 1.82) is 0 Å². The fourth-order valence-electron chi connectivity index (χ4n) is 3.89. The van der Waals surface area contributed by atoms with E-state index in [4.69, 9.17) is 23.2 Å². The second-order valence-corrected chi connectivity index (χ2v) is 8.58. The first-order valence-corrected chi connectivity index (χ1v) is 11.1. The van der Waals surface area contributed by atoms with Gasteiger partial charge < -0.3 is 4.57 Å². The van der Waals surface area contributed by atoms with Gasteiger partial charge in [0.25, 0.3) is 5.56 Å². The molecular formula is C25H17Cl2FN4O2. The lowest BCUT2D eigenvalue weighted by atomic mass is 10.2. The van der Waals surface area contributed by atoms with Gasteiger partial charge in [-0.15, -0.1) is 0 Å². The summed E-state index contributed by atoms with van der Waals surface area (Å²) in [5.74, 6) is -0.506. The lowest BCUT2D eigenvalue weighted by molar-refractivity contribution is 0.624. The van der Waals surface area contributed by atoms with E-state index >= 15 is 0 Å². The van der Waals surface area contributed by atoms with Crippen LogP contribution in [-0.2, 0) is 13.1 Å². The summed E-state index contributed by atoms with van der Waals surface area (Å²) in [5.41, 5.74) is 1.11. The second kappa shape index (κ2) is 8.93. The minimum Gasteiger partial charge on any atom is -0.320 e. The zero-order chi connectivity index (χ0) is 23.8. The van der Waals surface area contributed by atoms with Gasteiger partial charge in [-0.1, -0.05) is 65.7 Å². The van der Waals surface area contributed by atoms with Crippen LogP contribution in [0.4, 0.5) is 4.39 Å². The third-order valence-corrected chi connectivity index (χ3v) is 6.23. The maximum absolute atomic E-state index is 14.0. The smallest absolute Gasteiger partial charge is 0.320 e. The standard InChI is InChI=1S/C25H17Cl2FN4O2/c26-20-10-9-17(11-21(20)27)13-30-15-29-23-22(30)24(33)31(14-16-5-2-1-3-6-16)25(34)32(23)19-8-4-7-18(28)12-19/h1-12,15H,13-14H2. The van der Waals surface area contributed by atoms with Crippen molar-refractivity contribution in [2.24, 2.45) is 0 Å². The predicted molar refractivity (Wildman–Crippen MR) is 131 cm³/mol. The van der Waals surface area contributed by atoms with Crippen molar-refractivity contribution in [3.05, 3.63) is 127 Å². The highest BCUT2D eigenvalue weighted by atomic mass is 35.5. The highest BCUT2D eigenvalue weighted by molar-refractivity contribution is 6.42. The number of imidazole rings is 1. The van der Waals surface area contributed by atoms with Crippen molar-refractivity contribution in [2.75, 3.05) is 0 Å². The lowest BCUT2D eigenvalue weighted by Crippen LogP contribution is -2.40. The Balaban J connectivity index is 1.75. The predicted octanol–water partition coefficient (Wildman–Crippen LogP) is 4.89. The molecule has 2 heterocycles. The molecule has 0 N–H and O–H groups in total. The van der Waals surface area contributed by atoms with Crippen LogP contribution in [0, 0.1) is 5.82 Å². The van der Waals surface area contributed by atoms with Gasteiger partial charge in [-0.25, -0.2) is 18.7 Å². The van der Waals surface area contributed by atoms with E-state index in [1.54, 1.807) is 28.8 Å². The van der Waals surface area contributed by atoms with E-state index in [9.17, 15) is 14.0 Å². The lowest BCUT2D eigenvalue weighted by Gasteiger charge is -2.13. The minimum atomic E-state index is -0.605. The van der Waals surface area contributed by atoms with Gasteiger partial charge >= 0.3 is 5.69 Å². The number of benzene rings is 3. The molecule has 6 nitrogen and oxygen atoms in total. The van der Waals surface area contributed by atoms with Crippen molar-refractivity contribution in [1.82, 2.24) is 18.7 Å². The number of rotatable bonds is 5. The summed E-state index contributed by atoms with van der Waals surface area (Å²) < 4.78 is 18.1. The van der Waals surface area contributed by atoms with Crippen LogP contribution in [0.2, 0.25) is 10.0 Å². The molecule has 0 aliphatic carbocycles. The molecule has 2 aromatic heterocycles. The molecule has 0 aliphatic heterocycles. The molecule has 0 fully saturated rings. The van der Waals surface area contributed by atoms with Crippen LogP contribution >= 0.6 is 23.2 Å². The van der Waals surface area contributed by atoms with Gasteiger partial charge in [-0.3, -0.25) is 9.36 Å². The summed E-state index contributed by atoms with van der Waals surface area (Å²) in [6.45, 7) is 0.330. The number of nitrogens with zero attached hydrogens (tertiary/aromatic N) is 4. The fourth-order valence-corrected chi connectivity index (χ4v) is 4.21. The SMILES string of the molecule is O=c1c2c(ncn2Cc2ccc(Cl)c(Cl)c2)n(-c2cccc(F)c2)c(=O)n1Cc1ccccc1. The van der Waals surface area contributed by atoms with Gasteiger partial charge in [0, 0.05) is 6.54 Å². The van der Waals surface area contributed by atoms with Gasteiger partial charge in [0.2, 0.25) is 0 Å². The molecule has 0 amide bonds. The van der Waals surface area contributed by atoms with E-state index < -0.39 is 17.1 Å². The maximum Gasteiger partial charge on any atom is 0.337 e. The van der Waals surface area contributed by atoms with Crippen LogP contribution in [0.5, 0.6) is 0 Å². The van der Waals surface area contributed by atoms with Crippen molar-refractivity contribution in [2.45, 2.75) is 13.1 Å². The summed E-state index contributed by atoms with van der Waals surface area (Å²) in [7, 11) is 0. The monoisotopic (exact) mass is 494 g/mol. The molecule has 0 aliphatic rings. The van der Waals surface area contributed by atoms with Gasteiger partial charge in [0.15, 0.2) is 11.2 Å². The third kappa shape index (κ3) is 4.04. The topological polar surface area (TPSA) is 61.8 Å². The quantitative estimate of drug-likeness (QED) is 0.349. The molecule has 0 unspecified atom stereocenters. The molecule has 34 heavy (non-hydrogen) atoms. The largest absolute Gasteiger partial charge is 0.337 e. The molecule has 0 radical (unpaired) electrons. The Labute approximate surface area is 203 Å². The van der Waals surface area contributed by atoms with Crippen LogP contribution < -0.4 is 11.2 Å². The van der Waals surface area contributed by atoms with E-state index in [0.29, 0.717) is 10.0 Å². The van der Waals surface area contributed by atoms with Crippen molar-refractivity contribution in [3.63, 3.8) is 0 Å². The Morgan fingerprint density at radius 2 is 1.62 bits per heavy atom. The molecule has 9 heteroatoms. The van der Waals surface area contributed by atoms with Crippen LogP contribution in [0.1, 0.15) is 11.1 Å². The Morgan fingerprint density at radius 3 is 2.35 bits per heavy atom. The molecule has 170 valence electrons. The molecule has 0 saturated carbocycles. The summed E-state index contributed by atoms with van der Waals surface area (Å²) in [5, 5.41) is 0.813. The average Bonchev–Trinajstić information content (AvgIpc) is 3.23. The fraction of sp³-hybridized carbons (Fsp3) is 0.0800. The highest BCUT2D eigenvalue weighted by Gasteiger charge is 2.20. The first kappa shape index (κ1) is 22.1. The normalized spacial score (nSPS) is 11.3. The van der Waals surface area contributed by atoms with E-state index in [1.165, 1.54) is 29.1 Å². The highest BCUT2D eigenvalue weighted by Crippen LogP contribution is 2.24. The summed E-state index contributed by atoms with van der Waals surface area (Å²) in [6.07, 6.45) is 1.48. The Hall–Kier alpha value is -3.68. The van der Waals surface area contributed by atoms with Gasteiger partial charge in [-0.2, -0.15) is 0 Å². The van der Waals surface area contributed by atoms with Gasteiger partial charge in [0.05, 0.1) is 28.6 Å². The number of aromatic nitrogens is 4. The second-order valence-electron chi connectivity index (χ2n) is 7.77. The van der Waals surface area contributed by atoms with E-state index in [-0.39, 0.29) is 29.9 Å². The van der Waals surface area contributed by atoms with Crippen LogP contribution in [-0.4, -0.2) is 18.7 Å². The molecule has 5 aromatic rings. The van der Waals surface area contributed by atoms with Crippen LogP contribution in [0.3, 0.4) is 0 Å². The van der Waals surface area contributed by atoms with E-state index in [1.807, 2.05) is 30.3 Å². The molecule has 0 bridgehead atoms. The molecule has 0 atom stereocenters. The van der Waals surface area contributed by atoms with Crippen molar-refractivity contribution in [3.8, 4) is 5.69 Å². The Kier molecular flexibility index (Phi) is 5.81. The molecule has 0 saturated heterocycles. The first-order valence-electron chi connectivity index (χ1n) is 10.4. The summed E-state index contributed by atoms with van der Waals surface area (Å²) >= 11 is 12.2. The third-order valence-electron chi connectivity index (χ3n) is 5.49. The van der Waals surface area contributed by atoms with Crippen LogP contribution in [0.15, 0.2) is 88.7 Å². The number of hydrogen-bond acceptors (Lipinski definition) is 3. The van der Waals surface area contributed by atoms with Crippen LogP contribution in [0.25, 0.3) is 16.9 Å². The Morgan fingerprint density at radius 1 is 0.824 bits per heavy atom. The summed E-state index contributed by atoms with van der Waals surface area (Å²) in [4.78, 5) is 31.4. The average molecular weight is 495 g/mol. The molecular weight excluding hydrogens is 478 g/mol. The zero-order valence-corrected chi connectivity index (χ0v) is 19.2. The number of hydrogen-bond donors (Lipinski definition) is 0. The number of fused-ring (bicyclic) bond motifs is 1. The van der Waals surface area contributed by atoms with Gasteiger partial charge in [-0.05, 0) is 41.5 Å². The van der Waals surface area contributed by atoms with E-state index in [0.717, 1.165) is 15.7 Å². The first-order chi connectivity index (χ1) is 16.4. The Bertz CT molecular complexity index is 1640. The molecule has 3 aromatic carbocycles. The summed E-state index contributed by atoms with van der Waals surface area (Å²) in [6, 6.07) is 20.0. The molecule has 0 spiro atoms. The zero-order valence-electron chi connectivity index (χ0n) is 17.7. The van der Waals surface area contributed by atoms with Gasteiger partial charge in [0.1, 0.15) is 5.82 Å². The minimum absolute atomic E-state index is 0.0573. The van der Waals surface area contributed by atoms with E-state index in [2.05, 4.69) is 4.98 Å².